The van der Waals surface area contributed by atoms with Gasteiger partial charge in [0.2, 0.25) is 15.9 Å². The van der Waals surface area contributed by atoms with Gasteiger partial charge in [0.1, 0.15) is 5.25 Å². The number of hydrogen-bond donors (Lipinski definition) is 2. The average molecular weight is 264 g/mol. The summed E-state index contributed by atoms with van der Waals surface area (Å²) in [6.45, 7) is 0.503. The number of hydrogen-bond acceptors (Lipinski definition) is 4. The van der Waals surface area contributed by atoms with Gasteiger partial charge in [-0.3, -0.25) is 9.59 Å². The lowest BCUT2D eigenvalue weighted by atomic mass is 10.2. The van der Waals surface area contributed by atoms with E-state index in [4.69, 9.17) is 10.2 Å². The number of primary sulfonamides is 1. The zero-order valence-corrected chi connectivity index (χ0v) is 10.1. The first kappa shape index (κ1) is 13.9. The van der Waals surface area contributed by atoms with Crippen LogP contribution in [0.5, 0.6) is 0 Å². The van der Waals surface area contributed by atoms with Crippen molar-refractivity contribution in [2.75, 3.05) is 13.1 Å². The number of nitrogens with zero attached hydrogens (tertiary/aromatic N) is 1. The van der Waals surface area contributed by atoms with E-state index >= 15 is 0 Å². The van der Waals surface area contributed by atoms with Crippen LogP contribution in [0.2, 0.25) is 0 Å². The van der Waals surface area contributed by atoms with Crippen LogP contribution in [0.3, 0.4) is 0 Å². The van der Waals surface area contributed by atoms with Crippen molar-refractivity contribution in [1.29, 1.82) is 0 Å². The normalized spacial score (nSPS) is 20.9. The zero-order chi connectivity index (χ0) is 13.1. The minimum atomic E-state index is -3.67. The largest absolute Gasteiger partial charge is 0.481 e. The molecule has 0 aromatic carbocycles. The Kier molecular flexibility index (Phi) is 4.47. The quantitative estimate of drug-likeness (QED) is 0.605. The Bertz CT molecular complexity index is 406. The average Bonchev–Trinajstić information content (AvgIpc) is 2.54. The number of amides is 1. The maximum atomic E-state index is 11.4. The molecule has 1 saturated heterocycles. The molecule has 0 aromatic rings. The summed E-state index contributed by atoms with van der Waals surface area (Å²) in [5.74, 6) is -1.11. The number of sulfonamides is 1. The fourth-order valence-electron chi connectivity index (χ4n) is 1.75. The molecule has 1 heterocycles. The standard InChI is InChI=1S/C9H16N2O5S/c10-17(15,16)7-5-8(12)11(6-7)4-2-1-3-9(13)14/h7H,1-6H2,(H,13,14)(H2,10,15,16). The Morgan fingerprint density at radius 2 is 2.12 bits per heavy atom. The summed E-state index contributed by atoms with van der Waals surface area (Å²) >= 11 is 0. The monoisotopic (exact) mass is 264 g/mol. The molecule has 1 aliphatic rings. The van der Waals surface area contributed by atoms with Crippen molar-refractivity contribution in [3.05, 3.63) is 0 Å². The van der Waals surface area contributed by atoms with Crippen molar-refractivity contribution in [3.63, 3.8) is 0 Å². The van der Waals surface area contributed by atoms with Gasteiger partial charge in [0.25, 0.3) is 0 Å². The van der Waals surface area contributed by atoms with Gasteiger partial charge >= 0.3 is 5.97 Å². The lowest BCUT2D eigenvalue weighted by Gasteiger charge is -2.15. The number of rotatable bonds is 6. The zero-order valence-electron chi connectivity index (χ0n) is 9.33. The fourth-order valence-corrected chi connectivity index (χ4v) is 2.51. The third-order valence-corrected chi connectivity index (χ3v) is 3.96. The van der Waals surface area contributed by atoms with Crippen LogP contribution in [0.4, 0.5) is 0 Å². The van der Waals surface area contributed by atoms with Crippen LogP contribution in [0, 0.1) is 0 Å². The Morgan fingerprint density at radius 3 is 2.59 bits per heavy atom. The summed E-state index contributed by atoms with van der Waals surface area (Å²) < 4.78 is 22.1. The second-order valence-corrected chi connectivity index (χ2v) is 5.95. The number of likely N-dealkylation sites (tertiary alicyclic amines) is 1. The van der Waals surface area contributed by atoms with E-state index in [1.54, 1.807) is 0 Å². The van der Waals surface area contributed by atoms with Gasteiger partial charge in [-0.05, 0) is 12.8 Å². The number of carboxylic acid groups (broad SMARTS) is 1. The molecule has 1 rings (SSSR count). The van der Waals surface area contributed by atoms with Gasteiger partial charge in [-0.2, -0.15) is 0 Å². The molecular weight excluding hydrogens is 248 g/mol. The van der Waals surface area contributed by atoms with E-state index in [2.05, 4.69) is 0 Å². The van der Waals surface area contributed by atoms with Crippen LogP contribution in [0.1, 0.15) is 25.7 Å². The van der Waals surface area contributed by atoms with E-state index in [-0.39, 0.29) is 25.3 Å². The van der Waals surface area contributed by atoms with E-state index in [0.29, 0.717) is 19.4 Å². The summed E-state index contributed by atoms with van der Waals surface area (Å²) in [7, 11) is -3.67. The highest BCUT2D eigenvalue weighted by Crippen LogP contribution is 2.17. The van der Waals surface area contributed by atoms with Crippen molar-refractivity contribution in [1.82, 2.24) is 4.90 Å². The second kappa shape index (κ2) is 5.46. The molecule has 1 unspecified atom stereocenters. The molecule has 1 atom stereocenters. The second-order valence-electron chi connectivity index (χ2n) is 4.11. The number of unbranched alkanes of at least 4 members (excludes halogenated alkanes) is 1. The third-order valence-electron chi connectivity index (χ3n) is 2.71. The molecule has 0 aliphatic carbocycles. The van der Waals surface area contributed by atoms with Gasteiger partial charge in [-0.15, -0.1) is 0 Å². The predicted molar refractivity (Wildman–Crippen MR) is 59.6 cm³/mol. The molecule has 0 bridgehead atoms. The summed E-state index contributed by atoms with van der Waals surface area (Å²) in [6, 6.07) is 0. The van der Waals surface area contributed by atoms with E-state index in [1.165, 1.54) is 4.90 Å². The molecule has 0 spiro atoms. The maximum Gasteiger partial charge on any atom is 0.303 e. The molecule has 1 amide bonds. The summed E-state index contributed by atoms with van der Waals surface area (Å²) in [5.41, 5.74) is 0. The molecule has 0 aromatic heterocycles. The van der Waals surface area contributed by atoms with E-state index in [9.17, 15) is 18.0 Å². The molecule has 98 valence electrons. The topological polar surface area (TPSA) is 118 Å². The van der Waals surface area contributed by atoms with Crippen molar-refractivity contribution in [3.8, 4) is 0 Å². The molecule has 0 radical (unpaired) electrons. The minimum absolute atomic E-state index is 0.0562. The van der Waals surface area contributed by atoms with Crippen LogP contribution in [0.15, 0.2) is 0 Å². The molecule has 3 N–H and O–H groups in total. The Labute approximate surface area is 99.6 Å². The summed E-state index contributed by atoms with van der Waals surface area (Å²) in [5, 5.41) is 12.6. The predicted octanol–water partition coefficient (Wildman–Crippen LogP) is -0.869. The van der Waals surface area contributed by atoms with Gasteiger partial charge in [-0.1, -0.05) is 0 Å². The van der Waals surface area contributed by atoms with Crippen molar-refractivity contribution >= 4 is 21.9 Å². The highest BCUT2D eigenvalue weighted by atomic mass is 32.2. The SMILES string of the molecule is NS(=O)(=O)C1CC(=O)N(CCCCC(=O)O)C1. The van der Waals surface area contributed by atoms with Crippen molar-refractivity contribution < 1.29 is 23.1 Å². The van der Waals surface area contributed by atoms with Crippen LogP contribution < -0.4 is 5.14 Å². The summed E-state index contributed by atoms with van der Waals surface area (Å²) in [4.78, 5) is 23.1. The minimum Gasteiger partial charge on any atom is -0.481 e. The number of nitrogens with two attached hydrogens (primary N) is 1. The van der Waals surface area contributed by atoms with Crippen molar-refractivity contribution in [2.45, 2.75) is 30.9 Å². The third kappa shape index (κ3) is 4.31. The van der Waals surface area contributed by atoms with Gasteiger partial charge < -0.3 is 10.0 Å². The lowest BCUT2D eigenvalue weighted by Crippen LogP contribution is -2.32. The van der Waals surface area contributed by atoms with Crippen LogP contribution in [-0.2, 0) is 19.6 Å². The van der Waals surface area contributed by atoms with Crippen LogP contribution in [0.25, 0.3) is 0 Å². The molecule has 8 heteroatoms. The number of carboxylic acids is 1. The van der Waals surface area contributed by atoms with Crippen LogP contribution >= 0.6 is 0 Å². The number of carbonyl (C=O) groups is 2. The lowest BCUT2D eigenvalue weighted by molar-refractivity contribution is -0.137. The molecular formula is C9H16N2O5S. The van der Waals surface area contributed by atoms with Gasteiger partial charge in [0.15, 0.2) is 0 Å². The Morgan fingerprint density at radius 1 is 1.47 bits per heavy atom. The molecule has 0 saturated carbocycles. The first-order valence-electron chi connectivity index (χ1n) is 5.32. The van der Waals surface area contributed by atoms with E-state index < -0.39 is 21.2 Å². The molecule has 7 nitrogen and oxygen atoms in total. The van der Waals surface area contributed by atoms with E-state index in [1.807, 2.05) is 0 Å². The fraction of sp³-hybridized carbons (Fsp3) is 0.778. The first-order valence-corrected chi connectivity index (χ1v) is 6.93. The molecule has 1 fully saturated rings. The van der Waals surface area contributed by atoms with Crippen LogP contribution in [-0.4, -0.2) is 48.6 Å². The van der Waals surface area contributed by atoms with Crippen molar-refractivity contribution in [2.24, 2.45) is 5.14 Å². The highest BCUT2D eigenvalue weighted by molar-refractivity contribution is 7.89. The Balaban J connectivity index is 2.36. The van der Waals surface area contributed by atoms with E-state index in [0.717, 1.165) is 0 Å². The molecule has 1 aliphatic heterocycles. The van der Waals surface area contributed by atoms with Gasteiger partial charge in [-0.25, -0.2) is 13.6 Å². The Hall–Kier alpha value is -1.15. The summed E-state index contributed by atoms with van der Waals surface area (Å²) in [6.07, 6.45) is 1.01. The highest BCUT2D eigenvalue weighted by Gasteiger charge is 2.35. The maximum absolute atomic E-state index is 11.4. The smallest absolute Gasteiger partial charge is 0.303 e. The van der Waals surface area contributed by atoms with Gasteiger partial charge in [0.05, 0.1) is 0 Å². The first-order chi connectivity index (χ1) is 7.80. The van der Waals surface area contributed by atoms with Gasteiger partial charge in [0, 0.05) is 25.9 Å². The molecule has 17 heavy (non-hydrogen) atoms. The number of carbonyl (C=O) groups excluding carboxylic acids is 1. The number of aliphatic carboxylic acids is 1.